The van der Waals surface area contributed by atoms with Crippen molar-refractivity contribution in [1.82, 2.24) is 4.90 Å². The quantitative estimate of drug-likeness (QED) is 0.376. The highest BCUT2D eigenvalue weighted by Crippen LogP contribution is 2.00. The number of carbonyl (C=O) groups is 2. The van der Waals surface area contributed by atoms with Crippen molar-refractivity contribution in [3.05, 3.63) is 0 Å². The van der Waals surface area contributed by atoms with Crippen molar-refractivity contribution >= 4 is 11.9 Å². The summed E-state index contributed by atoms with van der Waals surface area (Å²) in [6.07, 6.45) is 1.70. The van der Waals surface area contributed by atoms with E-state index in [0.29, 0.717) is 13.2 Å². The molecule has 0 heterocycles. The van der Waals surface area contributed by atoms with E-state index in [-0.39, 0.29) is 38.8 Å². The lowest BCUT2D eigenvalue weighted by Crippen LogP contribution is -2.36. The number of hydrogen-bond acceptors (Lipinski definition) is 6. The van der Waals surface area contributed by atoms with E-state index < -0.39 is 11.9 Å². The van der Waals surface area contributed by atoms with Crippen molar-refractivity contribution in [2.45, 2.75) is 38.7 Å². The van der Waals surface area contributed by atoms with Crippen LogP contribution in [0.4, 0.5) is 0 Å². The van der Waals surface area contributed by atoms with Crippen LogP contribution in [0.15, 0.2) is 0 Å². The van der Waals surface area contributed by atoms with E-state index in [1.807, 2.05) is 11.9 Å². The van der Waals surface area contributed by atoms with Gasteiger partial charge in [0.1, 0.15) is 0 Å². The van der Waals surface area contributed by atoms with E-state index in [2.05, 4.69) is 6.92 Å². The van der Waals surface area contributed by atoms with E-state index in [1.165, 1.54) is 0 Å². The summed E-state index contributed by atoms with van der Waals surface area (Å²) in [6, 6.07) is 0. The molecule has 0 aliphatic heterocycles. The van der Waals surface area contributed by atoms with Crippen molar-refractivity contribution in [2.24, 2.45) is 0 Å². The van der Waals surface area contributed by atoms with Gasteiger partial charge in [-0.25, -0.2) is 0 Å². The summed E-state index contributed by atoms with van der Waals surface area (Å²) in [4.78, 5) is 23.1. The summed E-state index contributed by atoms with van der Waals surface area (Å²) in [5.41, 5.74) is 0. The number of likely N-dealkylation sites (N-methyl/N-ethyl adjacent to an activating group) is 1. The maximum Gasteiger partial charge on any atom is 0.305 e. The van der Waals surface area contributed by atoms with Gasteiger partial charge in [-0.05, 0) is 13.5 Å². The van der Waals surface area contributed by atoms with E-state index in [4.69, 9.17) is 24.4 Å². The Labute approximate surface area is 143 Å². The lowest BCUT2D eigenvalue weighted by molar-refractivity contribution is -0.141. The molecular formula is C16H31NO7. The van der Waals surface area contributed by atoms with Gasteiger partial charge >= 0.3 is 11.9 Å². The fraction of sp³-hybridized carbons (Fsp3) is 0.875. The van der Waals surface area contributed by atoms with Gasteiger partial charge in [-0.2, -0.15) is 0 Å². The second kappa shape index (κ2) is 15.3. The number of carboxylic acids is 2. The van der Waals surface area contributed by atoms with Gasteiger partial charge in [-0.3, -0.25) is 9.59 Å². The van der Waals surface area contributed by atoms with Crippen LogP contribution >= 0.6 is 0 Å². The van der Waals surface area contributed by atoms with Crippen LogP contribution in [0.3, 0.4) is 0 Å². The first-order chi connectivity index (χ1) is 11.5. The minimum atomic E-state index is -0.918. The molecule has 142 valence electrons. The van der Waals surface area contributed by atoms with Crippen LogP contribution < -0.4 is 0 Å². The molecule has 0 amide bonds. The number of aliphatic carboxylic acids is 2. The summed E-state index contributed by atoms with van der Waals surface area (Å²) in [5, 5.41) is 17.3. The molecule has 8 nitrogen and oxygen atoms in total. The fourth-order valence-electron chi connectivity index (χ4n) is 1.85. The normalized spacial score (nSPS) is 12.5. The Morgan fingerprint density at radius 3 is 2.29 bits per heavy atom. The highest BCUT2D eigenvalue weighted by atomic mass is 16.5. The molecule has 0 saturated carbocycles. The first-order valence-corrected chi connectivity index (χ1v) is 8.34. The SMILES string of the molecule is CCCCOCCN(C)CC(COCCC(=O)O)OCCC(=O)O. The Bertz CT molecular complexity index is 338. The zero-order chi connectivity index (χ0) is 18.2. The molecule has 8 heteroatoms. The van der Waals surface area contributed by atoms with Gasteiger partial charge in [0, 0.05) is 19.7 Å². The molecule has 2 N–H and O–H groups in total. The fourth-order valence-corrected chi connectivity index (χ4v) is 1.85. The Balaban J connectivity index is 4.05. The van der Waals surface area contributed by atoms with Gasteiger partial charge in [0.25, 0.3) is 0 Å². The number of ether oxygens (including phenoxy) is 3. The molecule has 0 spiro atoms. The van der Waals surface area contributed by atoms with Crippen LogP contribution in [0.5, 0.6) is 0 Å². The van der Waals surface area contributed by atoms with Gasteiger partial charge in [0.15, 0.2) is 0 Å². The summed E-state index contributed by atoms with van der Waals surface area (Å²) in [5.74, 6) is -1.84. The van der Waals surface area contributed by atoms with E-state index >= 15 is 0 Å². The van der Waals surface area contributed by atoms with E-state index in [1.54, 1.807) is 0 Å². The van der Waals surface area contributed by atoms with E-state index in [0.717, 1.165) is 26.0 Å². The maximum atomic E-state index is 10.6. The smallest absolute Gasteiger partial charge is 0.305 e. The zero-order valence-corrected chi connectivity index (χ0v) is 14.7. The maximum absolute atomic E-state index is 10.6. The Morgan fingerprint density at radius 1 is 1.00 bits per heavy atom. The van der Waals surface area contributed by atoms with Gasteiger partial charge in [-0.15, -0.1) is 0 Å². The Hall–Kier alpha value is -1.22. The second-order valence-electron chi connectivity index (χ2n) is 5.58. The van der Waals surface area contributed by atoms with Crippen LogP contribution in [0.25, 0.3) is 0 Å². The summed E-state index contributed by atoms with van der Waals surface area (Å²) in [7, 11) is 1.92. The average molecular weight is 349 g/mol. The highest BCUT2D eigenvalue weighted by Gasteiger charge is 2.14. The summed E-state index contributed by atoms with van der Waals surface area (Å²) in [6.45, 7) is 5.22. The first kappa shape index (κ1) is 22.8. The Morgan fingerprint density at radius 2 is 1.67 bits per heavy atom. The van der Waals surface area contributed by atoms with Crippen LogP contribution in [-0.4, -0.2) is 86.3 Å². The molecule has 0 aliphatic carbocycles. The molecule has 0 aliphatic rings. The lowest BCUT2D eigenvalue weighted by atomic mass is 10.3. The van der Waals surface area contributed by atoms with Crippen LogP contribution in [-0.2, 0) is 23.8 Å². The zero-order valence-electron chi connectivity index (χ0n) is 14.7. The minimum absolute atomic E-state index is 0.0665. The number of carboxylic acid groups (broad SMARTS) is 2. The van der Waals surface area contributed by atoms with Crippen LogP contribution in [0.2, 0.25) is 0 Å². The van der Waals surface area contributed by atoms with Crippen molar-refractivity contribution in [3.8, 4) is 0 Å². The number of rotatable bonds is 17. The third kappa shape index (κ3) is 15.7. The first-order valence-electron chi connectivity index (χ1n) is 8.34. The molecule has 0 saturated heterocycles. The monoisotopic (exact) mass is 349 g/mol. The third-order valence-electron chi connectivity index (χ3n) is 3.21. The summed E-state index contributed by atoms with van der Waals surface area (Å²) < 4.78 is 16.4. The Kier molecular flexibility index (Phi) is 14.5. The summed E-state index contributed by atoms with van der Waals surface area (Å²) >= 11 is 0. The van der Waals surface area contributed by atoms with Crippen molar-refractivity contribution in [3.63, 3.8) is 0 Å². The predicted molar refractivity (Wildman–Crippen MR) is 88.3 cm³/mol. The molecule has 0 aromatic rings. The molecule has 0 rings (SSSR count). The van der Waals surface area contributed by atoms with Crippen molar-refractivity contribution in [1.29, 1.82) is 0 Å². The van der Waals surface area contributed by atoms with Crippen molar-refractivity contribution in [2.75, 3.05) is 53.2 Å². The third-order valence-corrected chi connectivity index (χ3v) is 3.21. The molecular weight excluding hydrogens is 318 g/mol. The molecule has 0 aromatic carbocycles. The molecule has 0 fully saturated rings. The lowest BCUT2D eigenvalue weighted by Gasteiger charge is -2.24. The van der Waals surface area contributed by atoms with Crippen LogP contribution in [0.1, 0.15) is 32.6 Å². The van der Waals surface area contributed by atoms with Gasteiger partial charge < -0.3 is 29.3 Å². The highest BCUT2D eigenvalue weighted by molar-refractivity contribution is 5.67. The number of unbranched alkanes of at least 4 members (excludes halogenated alkanes) is 1. The molecule has 1 unspecified atom stereocenters. The largest absolute Gasteiger partial charge is 0.481 e. The van der Waals surface area contributed by atoms with Gasteiger partial charge in [0.05, 0.1) is 45.4 Å². The predicted octanol–water partition coefficient (Wildman–Crippen LogP) is 1.09. The number of nitrogens with zero attached hydrogens (tertiary/aromatic N) is 1. The van der Waals surface area contributed by atoms with E-state index in [9.17, 15) is 9.59 Å². The topological polar surface area (TPSA) is 106 Å². The van der Waals surface area contributed by atoms with Crippen molar-refractivity contribution < 1.29 is 34.0 Å². The van der Waals surface area contributed by atoms with Gasteiger partial charge in [-0.1, -0.05) is 13.3 Å². The average Bonchev–Trinajstić information content (AvgIpc) is 2.50. The molecule has 0 bridgehead atoms. The number of hydrogen-bond donors (Lipinski definition) is 2. The molecule has 0 radical (unpaired) electrons. The standard InChI is InChI=1S/C16H31NO7/c1-3-4-8-22-11-7-17(2)12-14(24-10-6-16(20)21)13-23-9-5-15(18)19/h14H,3-13H2,1-2H3,(H,18,19)(H,20,21). The minimum Gasteiger partial charge on any atom is -0.481 e. The second-order valence-corrected chi connectivity index (χ2v) is 5.58. The molecule has 1 atom stereocenters. The van der Waals surface area contributed by atoms with Crippen LogP contribution in [0, 0.1) is 0 Å². The molecule has 0 aromatic heterocycles. The molecule has 24 heavy (non-hydrogen) atoms. The van der Waals surface area contributed by atoms with Gasteiger partial charge in [0.2, 0.25) is 0 Å².